The number of anilines is 2. The number of carbonyl (C=O) groups excluding carboxylic acids is 3. The highest BCUT2D eigenvalue weighted by Gasteiger charge is 2.57. The van der Waals surface area contributed by atoms with E-state index in [1.165, 1.54) is 6.92 Å². The number of hydrogen-bond acceptors (Lipinski definition) is 6. The van der Waals surface area contributed by atoms with E-state index in [1.54, 1.807) is 35.2 Å². The molecule has 0 saturated carbocycles. The topological polar surface area (TPSA) is 106 Å². The summed E-state index contributed by atoms with van der Waals surface area (Å²) in [5.41, 5.74) is 2.44. The predicted molar refractivity (Wildman–Crippen MR) is 131 cm³/mol. The Hall–Kier alpha value is -4.53. The fourth-order valence-electron chi connectivity index (χ4n) is 5.06. The molecule has 0 radical (unpaired) electrons. The van der Waals surface area contributed by atoms with E-state index in [4.69, 9.17) is 14.2 Å². The monoisotopic (exact) mass is 485 g/mol. The summed E-state index contributed by atoms with van der Waals surface area (Å²) in [7, 11) is 0. The van der Waals surface area contributed by atoms with Crippen molar-refractivity contribution in [2.75, 3.05) is 36.7 Å². The average molecular weight is 485 g/mol. The van der Waals surface area contributed by atoms with Gasteiger partial charge in [-0.25, -0.2) is 4.79 Å². The van der Waals surface area contributed by atoms with Gasteiger partial charge in [0.05, 0.1) is 0 Å². The van der Waals surface area contributed by atoms with Crippen LogP contribution in [0, 0.1) is 0 Å². The van der Waals surface area contributed by atoms with E-state index in [-0.39, 0.29) is 38.2 Å². The minimum absolute atomic E-state index is 0.0827. The van der Waals surface area contributed by atoms with Crippen LogP contribution in [0.15, 0.2) is 60.7 Å². The van der Waals surface area contributed by atoms with Crippen LogP contribution in [0.25, 0.3) is 0 Å². The molecule has 0 fully saturated rings. The van der Waals surface area contributed by atoms with Crippen molar-refractivity contribution < 1.29 is 28.6 Å². The molecule has 6 rings (SSSR count). The van der Waals surface area contributed by atoms with Crippen molar-refractivity contribution in [1.29, 1.82) is 0 Å². The van der Waals surface area contributed by atoms with Gasteiger partial charge in [-0.3, -0.25) is 9.59 Å². The number of hydrogen-bond donors (Lipinski definition) is 2. The first-order valence-electron chi connectivity index (χ1n) is 11.6. The molecular formula is C27H23N3O6. The molecule has 1 spiro atoms. The first kappa shape index (κ1) is 22.0. The molecule has 3 aliphatic heterocycles. The Balaban J connectivity index is 1.20. The molecule has 3 aromatic rings. The highest BCUT2D eigenvalue weighted by Crippen LogP contribution is 2.54. The van der Waals surface area contributed by atoms with E-state index in [1.807, 2.05) is 30.3 Å². The SMILES string of the molecule is CC(=O)c1cccc(NC(=O)NCCN2C(=O)C3(COc4cc5c(cc43)OCO5)c3ccccc32)c1. The van der Waals surface area contributed by atoms with Gasteiger partial charge >= 0.3 is 6.03 Å². The zero-order valence-corrected chi connectivity index (χ0v) is 19.5. The van der Waals surface area contributed by atoms with Crippen LogP contribution in [-0.4, -0.2) is 44.2 Å². The molecule has 1 atom stereocenters. The lowest BCUT2D eigenvalue weighted by molar-refractivity contribution is -0.122. The maximum atomic E-state index is 13.9. The molecule has 0 aliphatic carbocycles. The van der Waals surface area contributed by atoms with Crippen LogP contribution in [-0.2, 0) is 10.2 Å². The number of para-hydroxylation sites is 1. The molecule has 0 saturated heterocycles. The van der Waals surface area contributed by atoms with E-state index < -0.39 is 11.4 Å². The normalized spacial score (nSPS) is 18.6. The van der Waals surface area contributed by atoms with Crippen molar-refractivity contribution >= 4 is 29.1 Å². The molecular weight excluding hydrogens is 462 g/mol. The standard InChI is InChI=1S/C27H23N3O6/c1-16(31)17-5-4-6-18(11-17)29-26(33)28-9-10-30-21-8-3-2-7-19(21)27(25(30)32)14-34-22-13-24-23(12-20(22)27)35-15-36-24/h2-8,11-13H,9-10,14-15H2,1H3,(H2,28,29,33). The molecule has 182 valence electrons. The van der Waals surface area contributed by atoms with Crippen LogP contribution in [0.3, 0.4) is 0 Å². The van der Waals surface area contributed by atoms with Gasteiger partial charge in [0.25, 0.3) is 0 Å². The summed E-state index contributed by atoms with van der Waals surface area (Å²) in [4.78, 5) is 39.7. The van der Waals surface area contributed by atoms with E-state index in [0.29, 0.717) is 28.5 Å². The number of ketones is 1. The van der Waals surface area contributed by atoms with Gasteiger partial charge in [-0.15, -0.1) is 0 Å². The fraction of sp³-hybridized carbons (Fsp3) is 0.222. The molecule has 3 aliphatic rings. The van der Waals surface area contributed by atoms with E-state index in [9.17, 15) is 14.4 Å². The minimum atomic E-state index is -0.984. The number of ether oxygens (including phenoxy) is 3. The summed E-state index contributed by atoms with van der Waals surface area (Å²) in [5.74, 6) is 1.60. The summed E-state index contributed by atoms with van der Waals surface area (Å²) >= 11 is 0. The minimum Gasteiger partial charge on any atom is -0.491 e. The third-order valence-electron chi connectivity index (χ3n) is 6.79. The number of urea groups is 1. The number of nitrogens with zero attached hydrogens (tertiary/aromatic N) is 1. The Morgan fingerprint density at radius 3 is 2.58 bits per heavy atom. The number of carbonyl (C=O) groups is 3. The Morgan fingerprint density at radius 1 is 0.944 bits per heavy atom. The Labute approximate surface area is 206 Å². The van der Waals surface area contributed by atoms with Crippen LogP contribution in [0.1, 0.15) is 28.4 Å². The molecule has 36 heavy (non-hydrogen) atoms. The summed E-state index contributed by atoms with van der Waals surface area (Å²) in [6, 6.07) is 17.6. The molecule has 3 amide bonds. The van der Waals surface area contributed by atoms with Crippen molar-refractivity contribution in [1.82, 2.24) is 5.32 Å². The predicted octanol–water partition coefficient (Wildman–Crippen LogP) is 3.46. The number of Topliss-reactive ketones (excluding diaryl/α,β-unsaturated/α-hetero) is 1. The lowest BCUT2D eigenvalue weighted by Crippen LogP contribution is -2.45. The van der Waals surface area contributed by atoms with Crippen molar-refractivity contribution in [3.8, 4) is 17.2 Å². The van der Waals surface area contributed by atoms with Crippen LogP contribution in [0.5, 0.6) is 17.2 Å². The summed E-state index contributed by atoms with van der Waals surface area (Å²) in [6.45, 7) is 2.28. The Bertz CT molecular complexity index is 1420. The fourth-order valence-corrected chi connectivity index (χ4v) is 5.06. The smallest absolute Gasteiger partial charge is 0.319 e. The highest BCUT2D eigenvalue weighted by atomic mass is 16.7. The van der Waals surface area contributed by atoms with Crippen molar-refractivity contribution in [2.45, 2.75) is 12.3 Å². The molecule has 9 heteroatoms. The van der Waals surface area contributed by atoms with Crippen LogP contribution in [0.2, 0.25) is 0 Å². The lowest BCUT2D eigenvalue weighted by atomic mass is 9.77. The molecule has 0 aromatic heterocycles. The van der Waals surface area contributed by atoms with Gasteiger partial charge in [-0.05, 0) is 36.8 Å². The number of fused-ring (bicyclic) bond motifs is 5. The zero-order chi connectivity index (χ0) is 24.9. The molecule has 9 nitrogen and oxygen atoms in total. The maximum absolute atomic E-state index is 13.9. The first-order valence-corrected chi connectivity index (χ1v) is 11.6. The summed E-state index contributed by atoms with van der Waals surface area (Å²) in [5, 5.41) is 5.52. The second-order valence-electron chi connectivity index (χ2n) is 8.89. The van der Waals surface area contributed by atoms with Gasteiger partial charge in [-0.1, -0.05) is 30.3 Å². The van der Waals surface area contributed by atoms with Crippen LogP contribution in [0.4, 0.5) is 16.2 Å². The van der Waals surface area contributed by atoms with E-state index >= 15 is 0 Å². The summed E-state index contributed by atoms with van der Waals surface area (Å²) in [6.07, 6.45) is 0. The van der Waals surface area contributed by atoms with Crippen molar-refractivity contribution in [3.05, 3.63) is 77.4 Å². The zero-order valence-electron chi connectivity index (χ0n) is 19.5. The molecule has 2 N–H and O–H groups in total. The number of amides is 3. The third-order valence-corrected chi connectivity index (χ3v) is 6.79. The van der Waals surface area contributed by atoms with E-state index in [0.717, 1.165) is 16.8 Å². The second kappa shape index (κ2) is 8.30. The van der Waals surface area contributed by atoms with Crippen molar-refractivity contribution in [2.24, 2.45) is 0 Å². The third kappa shape index (κ3) is 3.35. The van der Waals surface area contributed by atoms with Crippen molar-refractivity contribution in [3.63, 3.8) is 0 Å². The largest absolute Gasteiger partial charge is 0.491 e. The second-order valence-corrected chi connectivity index (χ2v) is 8.89. The van der Waals surface area contributed by atoms with Gasteiger partial charge in [0, 0.05) is 41.7 Å². The number of nitrogens with one attached hydrogen (secondary N) is 2. The molecule has 3 aromatic carbocycles. The number of benzene rings is 3. The Kier molecular flexibility index (Phi) is 5.06. The van der Waals surface area contributed by atoms with Crippen LogP contribution >= 0.6 is 0 Å². The van der Waals surface area contributed by atoms with Gasteiger partial charge in [0.2, 0.25) is 12.7 Å². The quantitative estimate of drug-likeness (QED) is 0.536. The highest BCUT2D eigenvalue weighted by molar-refractivity contribution is 6.11. The van der Waals surface area contributed by atoms with Gasteiger partial charge < -0.3 is 29.7 Å². The molecule has 1 unspecified atom stereocenters. The maximum Gasteiger partial charge on any atom is 0.319 e. The summed E-state index contributed by atoms with van der Waals surface area (Å²) < 4.78 is 17.0. The first-order chi connectivity index (χ1) is 17.5. The van der Waals surface area contributed by atoms with Gasteiger partial charge in [-0.2, -0.15) is 0 Å². The molecule has 3 heterocycles. The molecule has 0 bridgehead atoms. The van der Waals surface area contributed by atoms with Gasteiger partial charge in [0.1, 0.15) is 17.8 Å². The van der Waals surface area contributed by atoms with Gasteiger partial charge in [0.15, 0.2) is 17.3 Å². The lowest BCUT2D eigenvalue weighted by Gasteiger charge is -2.23. The number of rotatable bonds is 5. The van der Waals surface area contributed by atoms with Crippen LogP contribution < -0.4 is 29.7 Å². The Morgan fingerprint density at radius 2 is 1.75 bits per heavy atom. The van der Waals surface area contributed by atoms with E-state index in [2.05, 4.69) is 10.6 Å². The average Bonchev–Trinajstić information content (AvgIpc) is 3.55.